The molecule has 0 saturated carbocycles. The van der Waals surface area contributed by atoms with Crippen LogP contribution in [0.25, 0.3) is 11.5 Å². The largest absolute Gasteiger partial charge is 0.419 e. The lowest BCUT2D eigenvalue weighted by molar-refractivity contribution is 0.190. The Labute approximate surface area is 138 Å². The number of aliphatic hydroxyl groups excluding tert-OH is 1. The summed E-state index contributed by atoms with van der Waals surface area (Å²) in [5.41, 5.74) is 0.673. The predicted octanol–water partition coefficient (Wildman–Crippen LogP) is 3.42. The minimum absolute atomic E-state index is 0.0175. The van der Waals surface area contributed by atoms with Crippen LogP contribution in [0, 0.1) is 5.92 Å². The monoisotopic (exact) mass is 341 g/mol. The summed E-state index contributed by atoms with van der Waals surface area (Å²) >= 11 is 12.1. The fourth-order valence-electron chi connectivity index (χ4n) is 2.69. The maximum Gasteiger partial charge on any atom is 0.249 e. The third-order valence-electron chi connectivity index (χ3n) is 4.08. The van der Waals surface area contributed by atoms with Crippen molar-refractivity contribution in [1.29, 1.82) is 0 Å². The highest BCUT2D eigenvalue weighted by Gasteiger charge is 2.29. The Balaban J connectivity index is 1.78. The Bertz CT molecular complexity index is 662. The highest BCUT2D eigenvalue weighted by Crippen LogP contribution is 2.32. The van der Waals surface area contributed by atoms with Gasteiger partial charge in [-0.2, -0.15) is 0 Å². The number of likely N-dealkylation sites (tertiary alicyclic amines) is 1. The summed E-state index contributed by atoms with van der Waals surface area (Å²) in [5.74, 6) is 1.27. The van der Waals surface area contributed by atoms with Crippen molar-refractivity contribution in [3.05, 3.63) is 34.1 Å². The number of nitrogens with zero attached hydrogens (tertiary/aromatic N) is 3. The van der Waals surface area contributed by atoms with Gasteiger partial charge in [-0.25, -0.2) is 0 Å². The molecule has 0 spiro atoms. The lowest BCUT2D eigenvalue weighted by Crippen LogP contribution is -2.25. The number of aromatic nitrogens is 2. The fraction of sp³-hybridized carbons (Fsp3) is 0.467. The molecule has 0 unspecified atom stereocenters. The SMILES string of the molecule is C[C@@H](c1nnc(-c2ccc(Cl)cc2Cl)o1)N1CC[C@H](CO)C1. The third kappa shape index (κ3) is 3.13. The van der Waals surface area contributed by atoms with Crippen molar-refractivity contribution in [2.45, 2.75) is 19.4 Å². The summed E-state index contributed by atoms with van der Waals surface area (Å²) in [6, 6.07) is 5.17. The number of aliphatic hydroxyl groups is 1. The highest BCUT2D eigenvalue weighted by molar-refractivity contribution is 6.36. The Morgan fingerprint density at radius 3 is 2.91 bits per heavy atom. The molecule has 2 aromatic rings. The minimum atomic E-state index is 0.0175. The first-order valence-electron chi connectivity index (χ1n) is 7.22. The van der Waals surface area contributed by atoms with E-state index in [-0.39, 0.29) is 12.6 Å². The smallest absolute Gasteiger partial charge is 0.249 e. The van der Waals surface area contributed by atoms with E-state index in [0.29, 0.717) is 33.3 Å². The second-order valence-corrected chi connectivity index (χ2v) is 6.42. The lowest BCUT2D eigenvalue weighted by atomic mass is 10.1. The summed E-state index contributed by atoms with van der Waals surface area (Å²) in [6.45, 7) is 4.02. The maximum absolute atomic E-state index is 9.24. The van der Waals surface area contributed by atoms with E-state index in [1.807, 2.05) is 6.92 Å². The molecule has 1 aliphatic rings. The van der Waals surface area contributed by atoms with Crippen LogP contribution in [-0.4, -0.2) is 39.9 Å². The molecule has 0 amide bonds. The molecule has 1 aromatic heterocycles. The lowest BCUT2D eigenvalue weighted by Gasteiger charge is -2.20. The van der Waals surface area contributed by atoms with Gasteiger partial charge in [-0.15, -0.1) is 10.2 Å². The summed E-state index contributed by atoms with van der Waals surface area (Å²) < 4.78 is 5.78. The molecule has 1 N–H and O–H groups in total. The minimum Gasteiger partial charge on any atom is -0.419 e. The fourth-order valence-corrected chi connectivity index (χ4v) is 3.18. The molecule has 1 aromatic carbocycles. The average Bonchev–Trinajstić information content (AvgIpc) is 3.16. The van der Waals surface area contributed by atoms with Crippen molar-refractivity contribution in [3.8, 4) is 11.5 Å². The summed E-state index contributed by atoms with van der Waals surface area (Å²) in [5, 5.41) is 18.5. The molecule has 0 bridgehead atoms. The second-order valence-electron chi connectivity index (χ2n) is 5.58. The molecule has 1 aliphatic heterocycles. The van der Waals surface area contributed by atoms with Gasteiger partial charge in [-0.1, -0.05) is 23.2 Å². The van der Waals surface area contributed by atoms with Crippen LogP contribution in [0.5, 0.6) is 0 Å². The first-order chi connectivity index (χ1) is 10.6. The van der Waals surface area contributed by atoms with Crippen LogP contribution in [0.3, 0.4) is 0 Å². The van der Waals surface area contributed by atoms with Gasteiger partial charge in [0.2, 0.25) is 11.8 Å². The van der Waals surface area contributed by atoms with E-state index in [2.05, 4.69) is 15.1 Å². The van der Waals surface area contributed by atoms with E-state index in [1.165, 1.54) is 0 Å². The Morgan fingerprint density at radius 1 is 1.41 bits per heavy atom. The van der Waals surface area contributed by atoms with Crippen LogP contribution in [-0.2, 0) is 0 Å². The van der Waals surface area contributed by atoms with Gasteiger partial charge in [0.15, 0.2) is 0 Å². The quantitative estimate of drug-likeness (QED) is 0.922. The van der Waals surface area contributed by atoms with Crippen molar-refractivity contribution in [3.63, 3.8) is 0 Å². The van der Waals surface area contributed by atoms with Crippen LogP contribution in [0.2, 0.25) is 10.0 Å². The van der Waals surface area contributed by atoms with E-state index in [0.717, 1.165) is 19.5 Å². The first kappa shape index (κ1) is 15.7. The van der Waals surface area contributed by atoms with Crippen molar-refractivity contribution >= 4 is 23.2 Å². The van der Waals surface area contributed by atoms with Crippen molar-refractivity contribution in [2.24, 2.45) is 5.92 Å². The molecule has 3 rings (SSSR count). The Hall–Kier alpha value is -1.14. The van der Waals surface area contributed by atoms with E-state index in [4.69, 9.17) is 27.6 Å². The average molecular weight is 342 g/mol. The number of hydrogen-bond acceptors (Lipinski definition) is 5. The summed E-state index contributed by atoms with van der Waals surface area (Å²) in [7, 11) is 0. The van der Waals surface area contributed by atoms with Gasteiger partial charge in [0.05, 0.1) is 16.6 Å². The van der Waals surface area contributed by atoms with E-state index in [9.17, 15) is 5.11 Å². The summed E-state index contributed by atoms with van der Waals surface area (Å²) in [6.07, 6.45) is 0.991. The van der Waals surface area contributed by atoms with Gasteiger partial charge < -0.3 is 9.52 Å². The molecular formula is C15H17Cl2N3O2. The molecule has 0 aliphatic carbocycles. The van der Waals surface area contributed by atoms with E-state index >= 15 is 0 Å². The van der Waals surface area contributed by atoms with E-state index < -0.39 is 0 Å². The van der Waals surface area contributed by atoms with Gasteiger partial charge in [0, 0.05) is 18.2 Å². The molecule has 5 nitrogen and oxygen atoms in total. The molecule has 1 fully saturated rings. The Morgan fingerprint density at radius 2 is 2.23 bits per heavy atom. The van der Waals surface area contributed by atoms with Gasteiger partial charge >= 0.3 is 0 Å². The van der Waals surface area contributed by atoms with Crippen LogP contribution >= 0.6 is 23.2 Å². The van der Waals surface area contributed by atoms with Crippen LogP contribution in [0.4, 0.5) is 0 Å². The van der Waals surface area contributed by atoms with Crippen molar-refractivity contribution < 1.29 is 9.52 Å². The summed E-state index contributed by atoms with van der Waals surface area (Å²) in [4.78, 5) is 2.24. The number of benzene rings is 1. The number of hydrogen-bond donors (Lipinski definition) is 1. The third-order valence-corrected chi connectivity index (χ3v) is 4.63. The highest BCUT2D eigenvalue weighted by atomic mass is 35.5. The van der Waals surface area contributed by atoms with Crippen LogP contribution in [0.15, 0.2) is 22.6 Å². The van der Waals surface area contributed by atoms with E-state index in [1.54, 1.807) is 18.2 Å². The van der Waals surface area contributed by atoms with Gasteiger partial charge in [-0.3, -0.25) is 4.90 Å². The van der Waals surface area contributed by atoms with Gasteiger partial charge in [0.25, 0.3) is 0 Å². The van der Waals surface area contributed by atoms with Crippen LogP contribution in [0.1, 0.15) is 25.3 Å². The zero-order valence-corrected chi connectivity index (χ0v) is 13.7. The standard InChI is InChI=1S/C15H17Cl2N3O2/c1-9(20-5-4-10(7-20)8-21)14-18-19-15(22-14)12-3-2-11(16)6-13(12)17/h2-3,6,9-10,21H,4-5,7-8H2,1H3/t9-,10-/m0/s1. The van der Waals surface area contributed by atoms with Gasteiger partial charge in [0.1, 0.15) is 0 Å². The molecule has 7 heteroatoms. The topological polar surface area (TPSA) is 62.4 Å². The normalized spacial score (nSPS) is 20.5. The molecular weight excluding hydrogens is 325 g/mol. The maximum atomic E-state index is 9.24. The zero-order valence-electron chi connectivity index (χ0n) is 12.2. The Kier molecular flexibility index (Phi) is 4.68. The van der Waals surface area contributed by atoms with Crippen molar-refractivity contribution in [1.82, 2.24) is 15.1 Å². The molecule has 2 heterocycles. The first-order valence-corrected chi connectivity index (χ1v) is 7.98. The molecule has 2 atom stereocenters. The van der Waals surface area contributed by atoms with Crippen molar-refractivity contribution in [2.75, 3.05) is 19.7 Å². The zero-order chi connectivity index (χ0) is 15.7. The number of halogens is 2. The number of rotatable bonds is 4. The molecule has 0 radical (unpaired) electrons. The van der Waals surface area contributed by atoms with Crippen LogP contribution < -0.4 is 0 Å². The molecule has 22 heavy (non-hydrogen) atoms. The van der Waals surface area contributed by atoms with Gasteiger partial charge in [-0.05, 0) is 44.0 Å². The predicted molar refractivity (Wildman–Crippen MR) is 84.9 cm³/mol. The molecule has 118 valence electrons. The molecule has 1 saturated heterocycles. The second kappa shape index (κ2) is 6.54.